The Bertz CT molecular complexity index is 6650. The number of carbonyl (C=O) groups excluding carboxylic acids is 3. The molecular weight excluding hydrogens is 1850 g/mol. The van der Waals surface area contributed by atoms with E-state index in [2.05, 4.69) is 98.5 Å². The molecule has 8 aliphatic rings. The van der Waals surface area contributed by atoms with Gasteiger partial charge in [-0.25, -0.2) is 69.2 Å². The van der Waals surface area contributed by atoms with E-state index < -0.39 is 16.8 Å². The number of ether oxygens (including phenoxy) is 8. The fourth-order valence-electron chi connectivity index (χ4n) is 17.9. The van der Waals surface area contributed by atoms with Gasteiger partial charge in [-0.2, -0.15) is 4.98 Å². The fraction of sp³-hybridized carbons (Fsp3) is 0.425. The number of nitrogens with two attached hydrogens (primary N) is 1. The lowest BCUT2D eigenvalue weighted by Gasteiger charge is -2.38. The number of hydrogen-bond donors (Lipinski definition) is 7. The van der Waals surface area contributed by atoms with Gasteiger partial charge in [0.2, 0.25) is 23.7 Å². The van der Waals surface area contributed by atoms with E-state index >= 15 is 0 Å². The second-order valence-corrected chi connectivity index (χ2v) is 39.8. The topological polar surface area (TPSA) is 442 Å². The zero-order valence-electron chi connectivity index (χ0n) is 84.5. The molecule has 0 aliphatic carbocycles. The van der Waals surface area contributed by atoms with Crippen molar-refractivity contribution in [2.75, 3.05) is 146 Å². The Balaban J connectivity index is 0.000000134. The van der Waals surface area contributed by atoms with Gasteiger partial charge in [0.05, 0.1) is 119 Å². The lowest BCUT2D eigenvalue weighted by atomic mass is 10.0. The minimum Gasteiger partial charge on any atom is -0.473 e. The Hall–Kier alpha value is -14.9. The number of hydrogen-bond acceptors (Lipinski definition) is 34. The first-order valence-electron chi connectivity index (χ1n) is 49.5. The number of rotatable bonds is 17. The van der Waals surface area contributed by atoms with Crippen molar-refractivity contribution in [2.45, 2.75) is 189 Å². The Labute approximate surface area is 842 Å². The standard InChI is InChI=1S/C34H39N7O4.C27H33N7O4.C23H31N5O3.C22H25N7O2/c1-23-21-43-19-18-41(23)31-27-15-17-40(33(42)45-34(2,3)4)20-28(27)37-30(39-31)25-10-12-26(13-11-25)36-32-35-16-14-29(38-32)44-22-24-8-6-5-7-9-24;1-17-16-37-14-13-34(17)24-20-10-12-33(26(36)38-27(2,3)4)15-21(20)30-23(32-24)18-5-7-19(8-6-18)29-25-28-11-9-22(35)31-25;1-15-14-30-12-11-28(15)21-18-9-10-27(22(29)31-23(2,3)4)13-19(18)25-20(26-21)16-5-7-17(24)8-6-16;1-14-13-31-11-10-29(14)21-17-6-8-23-12-18(17)26-20(28-21)15-2-4-16(5-3-15)25-22-24-9-7-19(30)27-22/h5-14,16,23H,15,17-22H2,1-4H3,(H,35,36,38);5-9,11,17H,10,12-16H2,1-4H3,(H2,28,29,31,35);5-8,15H,9-14,24H2,1-4H3;2-5,7,9,14,23H,6,8,10-13H2,1H3,(H2,24,25,27,30)/t23-;17-;15-;14-/m0000/s1. The molecule has 8 N–H and O–H groups in total. The average Bonchev–Trinajstić information content (AvgIpc) is 0.785. The molecular formula is C106H128N26O13. The summed E-state index contributed by atoms with van der Waals surface area (Å²) in [4.78, 5) is 138. The molecule has 0 saturated carbocycles. The van der Waals surface area contributed by atoms with E-state index in [0.29, 0.717) is 171 Å². The third kappa shape index (κ3) is 26.4. The molecule has 0 radical (unpaired) electrons. The Morgan fingerprint density at radius 1 is 0.393 bits per heavy atom. The Kier molecular flexibility index (Phi) is 31.8. The molecule has 8 aliphatic heterocycles. The monoisotopic (exact) mass is 1970 g/mol. The Morgan fingerprint density at radius 2 is 0.731 bits per heavy atom. The predicted molar refractivity (Wildman–Crippen MR) is 554 cm³/mol. The van der Waals surface area contributed by atoms with Gasteiger partial charge >= 0.3 is 18.3 Å². The lowest BCUT2D eigenvalue weighted by Crippen LogP contribution is -2.46. The summed E-state index contributed by atoms with van der Waals surface area (Å²) in [5.74, 6) is 8.02. The number of nitrogens with one attached hydrogen (secondary N) is 6. The molecule has 4 fully saturated rings. The van der Waals surface area contributed by atoms with Crippen molar-refractivity contribution in [3.63, 3.8) is 0 Å². The average molecular weight is 1970 g/mol. The van der Waals surface area contributed by atoms with Gasteiger partial charge in [-0.1, -0.05) is 30.3 Å². The van der Waals surface area contributed by atoms with Crippen LogP contribution in [-0.4, -0.2) is 249 Å². The van der Waals surface area contributed by atoms with Crippen LogP contribution in [0, 0.1) is 0 Å². The molecule has 20 rings (SSSR count). The molecule has 39 heteroatoms. The molecule has 0 unspecified atom stereocenters. The van der Waals surface area contributed by atoms with Crippen LogP contribution in [0.1, 0.15) is 141 Å². The molecule has 5 aromatic carbocycles. The van der Waals surface area contributed by atoms with Crippen LogP contribution in [0.4, 0.5) is 78.2 Å². The summed E-state index contributed by atoms with van der Waals surface area (Å²) in [6.07, 6.45) is 6.53. The predicted octanol–water partition coefficient (Wildman–Crippen LogP) is 14.3. The molecule has 3 amide bonds. The lowest BCUT2D eigenvalue weighted by molar-refractivity contribution is 0.0210. The van der Waals surface area contributed by atoms with Crippen molar-refractivity contribution in [3.8, 4) is 51.4 Å². The highest BCUT2D eigenvalue weighted by atomic mass is 16.6. The summed E-state index contributed by atoms with van der Waals surface area (Å²) in [5.41, 5.74) is 19.6. The summed E-state index contributed by atoms with van der Waals surface area (Å²) in [6.45, 7) is 38.8. The van der Waals surface area contributed by atoms with E-state index in [-0.39, 0.29) is 53.6 Å². The second kappa shape index (κ2) is 45.3. The Morgan fingerprint density at radius 3 is 1.08 bits per heavy atom. The molecule has 12 aromatic rings. The molecule has 145 heavy (non-hydrogen) atoms. The molecule has 7 aromatic heterocycles. The van der Waals surface area contributed by atoms with Crippen LogP contribution in [0.5, 0.6) is 5.88 Å². The number of morpholine rings is 4. The van der Waals surface area contributed by atoms with Gasteiger partial charge in [0.1, 0.15) is 46.7 Å². The number of nitrogen functional groups attached to an aromatic ring is 1. The van der Waals surface area contributed by atoms with Crippen molar-refractivity contribution >= 4 is 82.1 Å². The first-order valence-corrected chi connectivity index (χ1v) is 49.5. The largest absolute Gasteiger partial charge is 0.473 e. The van der Waals surface area contributed by atoms with Crippen molar-refractivity contribution in [2.24, 2.45) is 0 Å². The summed E-state index contributed by atoms with van der Waals surface area (Å²) in [6, 6.07) is 46.1. The molecule has 760 valence electrons. The van der Waals surface area contributed by atoms with Gasteiger partial charge in [0.15, 0.2) is 23.3 Å². The van der Waals surface area contributed by atoms with Gasteiger partial charge in [-0.3, -0.25) is 19.6 Å². The van der Waals surface area contributed by atoms with Crippen LogP contribution in [0.25, 0.3) is 45.6 Å². The van der Waals surface area contributed by atoms with E-state index in [1.165, 1.54) is 30.1 Å². The van der Waals surface area contributed by atoms with E-state index in [1.54, 1.807) is 27.0 Å². The third-order valence-corrected chi connectivity index (χ3v) is 25.1. The van der Waals surface area contributed by atoms with Crippen LogP contribution in [0.2, 0.25) is 0 Å². The SMILES string of the molecule is C[C@H]1COCCN1c1nc(-c2ccc(N)cc2)nc2c1CCN(C(=O)OC(C)(C)C)C2.C[C@H]1COCCN1c1nc(-c2ccc(Nc3nccc(=O)[nH]3)cc2)nc2c1CCN(C(=O)OC(C)(C)C)C2.C[C@H]1COCCN1c1nc(-c2ccc(Nc3nccc(=O)[nH]3)cc2)nc2c1CCNC2.C[C@H]1COCCN1c1nc(-c2ccc(Nc3nccc(OCc4ccccc4)n3)cc2)nc2c1CCN(C(=O)OC(C)(C)C)C2. The van der Waals surface area contributed by atoms with Crippen LogP contribution in [-0.2, 0) is 91.6 Å². The molecule has 15 heterocycles. The zero-order valence-corrected chi connectivity index (χ0v) is 84.5. The van der Waals surface area contributed by atoms with E-state index in [1.807, 2.05) is 190 Å². The normalized spacial score (nSPS) is 17.8. The molecule has 4 atom stereocenters. The molecule has 0 spiro atoms. The number of anilines is 11. The van der Waals surface area contributed by atoms with Gasteiger partial charge in [0.25, 0.3) is 11.1 Å². The summed E-state index contributed by atoms with van der Waals surface area (Å²) >= 11 is 0. The number of fused-ring (bicyclic) bond motifs is 4. The van der Waals surface area contributed by atoms with Gasteiger partial charge in [-0.15, -0.1) is 0 Å². The van der Waals surface area contributed by atoms with E-state index in [0.717, 1.165) is 153 Å². The van der Waals surface area contributed by atoms with E-state index in [9.17, 15) is 24.0 Å². The van der Waals surface area contributed by atoms with Crippen molar-refractivity contribution < 1.29 is 52.3 Å². The number of H-pyrrole nitrogens is 2. The highest BCUT2D eigenvalue weighted by Gasteiger charge is 2.38. The van der Waals surface area contributed by atoms with Crippen molar-refractivity contribution in [3.05, 3.63) is 235 Å². The van der Waals surface area contributed by atoms with Gasteiger partial charge < -0.3 is 99.2 Å². The van der Waals surface area contributed by atoms with E-state index in [4.69, 9.17) is 83.5 Å². The van der Waals surface area contributed by atoms with Crippen LogP contribution in [0.3, 0.4) is 0 Å². The summed E-state index contributed by atoms with van der Waals surface area (Å²) in [5, 5.41) is 12.9. The smallest absolute Gasteiger partial charge is 0.410 e. The maximum Gasteiger partial charge on any atom is 0.410 e. The first-order chi connectivity index (χ1) is 69.8. The van der Waals surface area contributed by atoms with Crippen LogP contribution < -0.4 is 62.5 Å². The van der Waals surface area contributed by atoms with Gasteiger partial charge in [-0.05, 0) is 225 Å². The number of benzene rings is 5. The molecule has 4 saturated heterocycles. The quantitative estimate of drug-likeness (QED) is 0.0329. The minimum atomic E-state index is -0.570. The maximum atomic E-state index is 12.9. The van der Waals surface area contributed by atoms with Crippen LogP contribution in [0.15, 0.2) is 174 Å². The fourth-order valence-corrected chi connectivity index (χ4v) is 17.9. The molecule has 39 nitrogen and oxygen atoms in total. The summed E-state index contributed by atoms with van der Waals surface area (Å²) < 4.78 is 45.4. The zero-order chi connectivity index (χ0) is 102. The number of aromatic nitrogens is 14. The first kappa shape index (κ1) is 102. The number of carbonyl (C=O) groups is 3. The molecule has 0 bridgehead atoms. The summed E-state index contributed by atoms with van der Waals surface area (Å²) in [7, 11) is 0. The number of aromatic amines is 2. The number of amides is 3. The maximum absolute atomic E-state index is 12.9. The second-order valence-electron chi connectivity index (χ2n) is 39.8. The third-order valence-electron chi connectivity index (χ3n) is 25.1. The van der Waals surface area contributed by atoms with Crippen molar-refractivity contribution in [1.82, 2.24) is 89.8 Å². The highest BCUT2D eigenvalue weighted by molar-refractivity contribution is 5.74. The van der Waals surface area contributed by atoms with Crippen molar-refractivity contribution in [1.29, 1.82) is 0 Å². The minimum absolute atomic E-state index is 0.173. The van der Waals surface area contributed by atoms with Crippen LogP contribution >= 0.6 is 0 Å². The number of nitrogens with zero attached hydrogens (tertiary/aromatic N) is 19. The van der Waals surface area contributed by atoms with Gasteiger partial charge in [0, 0.05) is 156 Å². The highest BCUT2D eigenvalue weighted by Crippen LogP contribution is 2.39.